The lowest BCUT2D eigenvalue weighted by Gasteiger charge is -2.38. The first kappa shape index (κ1) is 25.3. The first-order valence-electron chi connectivity index (χ1n) is 12.2. The molecular formula is C27H29N5O3S2. The van der Waals surface area contributed by atoms with Gasteiger partial charge in [-0.2, -0.15) is 13.5 Å². The Labute approximate surface area is 221 Å². The molecule has 1 fully saturated rings. The Morgan fingerprint density at radius 1 is 0.973 bits per heavy atom. The van der Waals surface area contributed by atoms with E-state index in [2.05, 4.69) is 50.4 Å². The summed E-state index contributed by atoms with van der Waals surface area (Å²) in [6.07, 6.45) is 0.251. The van der Waals surface area contributed by atoms with Gasteiger partial charge in [0.1, 0.15) is 22.0 Å². The molecule has 10 heteroatoms. The lowest BCUT2D eigenvalue weighted by molar-refractivity contribution is -0.133. The fourth-order valence-corrected chi connectivity index (χ4v) is 6.68. The summed E-state index contributed by atoms with van der Waals surface area (Å²) in [6.45, 7) is 6.57. The van der Waals surface area contributed by atoms with Crippen LogP contribution in [0.4, 0.5) is 5.69 Å². The summed E-state index contributed by atoms with van der Waals surface area (Å²) in [5.41, 5.74) is 5.28. The van der Waals surface area contributed by atoms with Gasteiger partial charge in [0.05, 0.1) is 11.7 Å². The van der Waals surface area contributed by atoms with Gasteiger partial charge in [0.25, 0.3) is 0 Å². The molecule has 1 saturated heterocycles. The molecule has 0 radical (unpaired) electrons. The maximum atomic E-state index is 13.7. The number of rotatable bonds is 7. The molecule has 1 N–H and O–H groups in total. The molecule has 37 heavy (non-hydrogen) atoms. The third-order valence-corrected chi connectivity index (χ3v) is 8.76. The number of benzene rings is 3. The van der Waals surface area contributed by atoms with Crippen LogP contribution in [0.3, 0.4) is 0 Å². The maximum Gasteiger partial charge on any atom is 0.243 e. The summed E-state index contributed by atoms with van der Waals surface area (Å²) in [5.74, 6) is -0.225. The van der Waals surface area contributed by atoms with Crippen LogP contribution in [-0.2, 0) is 21.2 Å². The Hall–Kier alpha value is -3.34. The number of fused-ring (bicyclic) bond motifs is 1. The van der Waals surface area contributed by atoms with Crippen molar-refractivity contribution in [2.24, 2.45) is 0 Å². The minimum atomic E-state index is -4.03. The van der Waals surface area contributed by atoms with Crippen LogP contribution in [0.5, 0.6) is 0 Å². The molecule has 192 valence electrons. The van der Waals surface area contributed by atoms with Gasteiger partial charge in [-0.15, -0.1) is 0 Å². The second-order valence-corrected chi connectivity index (χ2v) is 11.6. The van der Waals surface area contributed by atoms with Crippen LogP contribution in [0.25, 0.3) is 11.0 Å². The quantitative estimate of drug-likeness (QED) is 0.389. The van der Waals surface area contributed by atoms with E-state index in [-0.39, 0.29) is 17.2 Å². The van der Waals surface area contributed by atoms with Crippen molar-refractivity contribution in [3.63, 3.8) is 0 Å². The topological polar surface area (TPSA) is 95.5 Å². The van der Waals surface area contributed by atoms with Gasteiger partial charge in [0.15, 0.2) is 0 Å². The summed E-state index contributed by atoms with van der Waals surface area (Å²) in [6, 6.07) is 19.8. The van der Waals surface area contributed by atoms with Gasteiger partial charge in [0.2, 0.25) is 15.9 Å². The molecule has 1 aliphatic rings. The molecule has 3 aromatic carbocycles. The molecule has 1 aliphatic heterocycles. The maximum absolute atomic E-state index is 13.7. The molecule has 5 rings (SSSR count). The number of aromatic nitrogens is 2. The third-order valence-electron chi connectivity index (χ3n) is 6.71. The van der Waals surface area contributed by atoms with E-state index in [1.807, 2.05) is 30.3 Å². The normalized spacial score (nSPS) is 15.2. The van der Waals surface area contributed by atoms with E-state index in [1.165, 1.54) is 22.9 Å². The minimum Gasteiger partial charge on any atom is -0.368 e. The van der Waals surface area contributed by atoms with Crippen LogP contribution >= 0.6 is 11.7 Å². The van der Waals surface area contributed by atoms with Crippen LogP contribution in [0.15, 0.2) is 71.6 Å². The van der Waals surface area contributed by atoms with E-state index in [9.17, 15) is 13.2 Å². The van der Waals surface area contributed by atoms with Crippen molar-refractivity contribution < 1.29 is 13.2 Å². The van der Waals surface area contributed by atoms with E-state index < -0.39 is 16.1 Å². The standard InChI is InChI=1S/C27H29N5O3S2/c1-19-11-12-20(2)24(17-19)31-13-15-32(16-14-31)27(33)23(18-21-7-4-3-5-8-21)30-37(34,35)25-10-6-9-22-26(25)29-36-28-22/h3-12,17,23,30H,13-16,18H2,1-2H3/t23-/m1/s1. The predicted molar refractivity (Wildman–Crippen MR) is 146 cm³/mol. The van der Waals surface area contributed by atoms with Gasteiger partial charge in [-0.3, -0.25) is 4.79 Å². The molecule has 1 aromatic heterocycles. The zero-order valence-electron chi connectivity index (χ0n) is 20.8. The van der Waals surface area contributed by atoms with Crippen molar-refractivity contribution in [3.8, 4) is 0 Å². The highest BCUT2D eigenvalue weighted by molar-refractivity contribution is 7.89. The van der Waals surface area contributed by atoms with E-state index in [0.717, 1.165) is 17.3 Å². The number of nitrogens with one attached hydrogen (secondary N) is 1. The number of amides is 1. The number of nitrogens with zero attached hydrogens (tertiary/aromatic N) is 4. The summed E-state index contributed by atoms with van der Waals surface area (Å²) < 4.78 is 38.0. The molecular weight excluding hydrogens is 506 g/mol. The zero-order valence-corrected chi connectivity index (χ0v) is 22.4. The summed E-state index contributed by atoms with van der Waals surface area (Å²) in [5, 5.41) is 0. The van der Waals surface area contributed by atoms with E-state index in [0.29, 0.717) is 37.2 Å². The largest absolute Gasteiger partial charge is 0.368 e. The van der Waals surface area contributed by atoms with Crippen LogP contribution in [-0.4, -0.2) is 60.2 Å². The van der Waals surface area contributed by atoms with E-state index in [1.54, 1.807) is 17.0 Å². The first-order valence-corrected chi connectivity index (χ1v) is 14.4. The Balaban J connectivity index is 1.37. The smallest absolute Gasteiger partial charge is 0.243 e. The number of sulfonamides is 1. The number of carbonyl (C=O) groups excluding carboxylic acids is 1. The van der Waals surface area contributed by atoms with Crippen molar-refractivity contribution in [3.05, 3.63) is 83.4 Å². The lowest BCUT2D eigenvalue weighted by atomic mass is 10.0. The molecule has 0 aliphatic carbocycles. The lowest BCUT2D eigenvalue weighted by Crippen LogP contribution is -2.55. The van der Waals surface area contributed by atoms with Crippen molar-refractivity contribution in [2.45, 2.75) is 31.2 Å². The third kappa shape index (κ3) is 5.51. The Kier molecular flexibility index (Phi) is 7.23. The second-order valence-electron chi connectivity index (χ2n) is 9.35. The second kappa shape index (κ2) is 10.6. The molecule has 1 atom stereocenters. The molecule has 0 unspecified atom stereocenters. The number of aryl methyl sites for hydroxylation is 2. The van der Waals surface area contributed by atoms with Gasteiger partial charge in [0, 0.05) is 31.9 Å². The highest BCUT2D eigenvalue weighted by atomic mass is 32.2. The summed E-state index contributed by atoms with van der Waals surface area (Å²) in [7, 11) is -4.03. The average Bonchev–Trinajstić information content (AvgIpc) is 3.39. The monoisotopic (exact) mass is 535 g/mol. The minimum absolute atomic E-state index is 0.0318. The summed E-state index contributed by atoms with van der Waals surface area (Å²) in [4.78, 5) is 17.8. The zero-order chi connectivity index (χ0) is 26.0. The van der Waals surface area contributed by atoms with Gasteiger partial charge in [-0.05, 0) is 55.2 Å². The fourth-order valence-electron chi connectivity index (χ4n) is 4.73. The number of carbonyl (C=O) groups is 1. The van der Waals surface area contributed by atoms with Crippen molar-refractivity contribution in [1.82, 2.24) is 18.4 Å². The molecule has 8 nitrogen and oxygen atoms in total. The summed E-state index contributed by atoms with van der Waals surface area (Å²) >= 11 is 0.962. The number of piperazine rings is 1. The highest BCUT2D eigenvalue weighted by Crippen LogP contribution is 2.24. The molecule has 2 heterocycles. The van der Waals surface area contributed by atoms with Crippen molar-refractivity contribution in [1.29, 1.82) is 0 Å². The van der Waals surface area contributed by atoms with Crippen LogP contribution in [0.2, 0.25) is 0 Å². The van der Waals surface area contributed by atoms with Crippen LogP contribution < -0.4 is 9.62 Å². The first-order chi connectivity index (χ1) is 17.8. The van der Waals surface area contributed by atoms with Crippen molar-refractivity contribution in [2.75, 3.05) is 31.1 Å². The number of hydrogen-bond donors (Lipinski definition) is 1. The Morgan fingerprint density at radius 2 is 1.73 bits per heavy atom. The van der Waals surface area contributed by atoms with E-state index in [4.69, 9.17) is 0 Å². The molecule has 4 aromatic rings. The number of anilines is 1. The van der Waals surface area contributed by atoms with Gasteiger partial charge < -0.3 is 9.80 Å². The Morgan fingerprint density at radius 3 is 2.49 bits per heavy atom. The number of hydrogen-bond acceptors (Lipinski definition) is 7. The predicted octanol–water partition coefficient (Wildman–Crippen LogP) is 3.55. The Bertz CT molecular complexity index is 1510. The van der Waals surface area contributed by atoms with Gasteiger partial charge in [-0.1, -0.05) is 48.5 Å². The SMILES string of the molecule is Cc1ccc(C)c(N2CCN(C(=O)[C@@H](Cc3ccccc3)NS(=O)(=O)c3cccc4nsnc34)CC2)c1. The fraction of sp³-hybridized carbons (Fsp3) is 0.296. The highest BCUT2D eigenvalue weighted by Gasteiger charge is 2.32. The van der Waals surface area contributed by atoms with E-state index >= 15 is 0 Å². The molecule has 1 amide bonds. The van der Waals surface area contributed by atoms with Crippen LogP contribution in [0.1, 0.15) is 16.7 Å². The molecule has 0 saturated carbocycles. The van der Waals surface area contributed by atoms with Gasteiger partial charge >= 0.3 is 0 Å². The van der Waals surface area contributed by atoms with Crippen molar-refractivity contribution >= 4 is 44.4 Å². The molecule has 0 spiro atoms. The molecule has 0 bridgehead atoms. The average molecular weight is 536 g/mol. The van der Waals surface area contributed by atoms with Crippen LogP contribution in [0, 0.1) is 13.8 Å². The van der Waals surface area contributed by atoms with Gasteiger partial charge in [-0.25, -0.2) is 8.42 Å².